The van der Waals surface area contributed by atoms with Gasteiger partial charge in [-0.05, 0) is 62.8 Å². The molecule has 0 saturated carbocycles. The van der Waals surface area contributed by atoms with Crippen LogP contribution in [0.1, 0.15) is 66.2 Å². The van der Waals surface area contributed by atoms with Crippen LogP contribution in [0.3, 0.4) is 0 Å². The van der Waals surface area contributed by atoms with Gasteiger partial charge in [0.15, 0.2) is 0 Å². The number of hydrogen-bond acceptors (Lipinski definition) is 3. The lowest BCUT2D eigenvalue weighted by Crippen LogP contribution is -2.49. The van der Waals surface area contributed by atoms with Gasteiger partial charge in [-0.15, -0.1) is 0 Å². The summed E-state index contributed by atoms with van der Waals surface area (Å²) < 4.78 is 5.66. The molecular weight excluding hydrogens is 400 g/mol. The molecule has 2 heterocycles. The van der Waals surface area contributed by atoms with Gasteiger partial charge in [-0.25, -0.2) is 4.79 Å². The molecule has 2 aromatic rings. The van der Waals surface area contributed by atoms with E-state index in [0.717, 1.165) is 29.5 Å². The van der Waals surface area contributed by atoms with Crippen LogP contribution in [0.25, 0.3) is 0 Å². The van der Waals surface area contributed by atoms with Gasteiger partial charge in [-0.3, -0.25) is 4.79 Å². The first-order valence-electron chi connectivity index (χ1n) is 11.6. The summed E-state index contributed by atoms with van der Waals surface area (Å²) in [5, 5.41) is 0. The maximum Gasteiger partial charge on any atom is 0.410 e. The van der Waals surface area contributed by atoms with Crippen molar-refractivity contribution in [3.63, 3.8) is 0 Å². The molecule has 32 heavy (non-hydrogen) atoms. The summed E-state index contributed by atoms with van der Waals surface area (Å²) in [6.07, 6.45) is 1.42. The molecule has 170 valence electrons. The lowest BCUT2D eigenvalue weighted by molar-refractivity contribution is 0.0275. The van der Waals surface area contributed by atoms with Gasteiger partial charge in [-0.2, -0.15) is 0 Å². The highest BCUT2D eigenvalue weighted by Crippen LogP contribution is 2.40. The number of aryl methyl sites for hydroxylation is 2. The normalized spacial score (nSPS) is 20.2. The van der Waals surface area contributed by atoms with Gasteiger partial charge in [0, 0.05) is 31.1 Å². The van der Waals surface area contributed by atoms with Gasteiger partial charge in [0.1, 0.15) is 5.60 Å². The second-order valence-corrected chi connectivity index (χ2v) is 10.0. The van der Waals surface area contributed by atoms with E-state index >= 15 is 0 Å². The number of benzene rings is 2. The Balaban J connectivity index is 1.67. The van der Waals surface area contributed by atoms with E-state index in [4.69, 9.17) is 4.74 Å². The van der Waals surface area contributed by atoms with Crippen molar-refractivity contribution in [2.75, 3.05) is 19.6 Å². The zero-order valence-corrected chi connectivity index (χ0v) is 19.9. The number of likely N-dealkylation sites (tertiary alicyclic amines) is 1. The maximum atomic E-state index is 13.7. The van der Waals surface area contributed by atoms with Crippen LogP contribution in [0.5, 0.6) is 0 Å². The van der Waals surface area contributed by atoms with Crippen LogP contribution in [0.2, 0.25) is 0 Å². The topological polar surface area (TPSA) is 49.9 Å². The summed E-state index contributed by atoms with van der Waals surface area (Å²) >= 11 is 0. The third-order valence-corrected chi connectivity index (χ3v) is 6.53. The predicted octanol–water partition coefficient (Wildman–Crippen LogP) is 4.96. The van der Waals surface area contributed by atoms with Crippen molar-refractivity contribution in [2.45, 2.75) is 65.0 Å². The number of carbonyl (C=O) groups is 2. The first-order chi connectivity index (χ1) is 15.2. The molecule has 0 radical (unpaired) electrons. The van der Waals surface area contributed by atoms with Gasteiger partial charge in [0.05, 0.1) is 6.04 Å². The van der Waals surface area contributed by atoms with Gasteiger partial charge in [0.25, 0.3) is 5.91 Å². The molecule has 1 saturated heterocycles. The Kier molecular flexibility index (Phi) is 6.02. The Morgan fingerprint density at radius 3 is 2.47 bits per heavy atom. The van der Waals surface area contributed by atoms with E-state index in [-0.39, 0.29) is 24.0 Å². The van der Waals surface area contributed by atoms with Crippen LogP contribution in [-0.4, -0.2) is 53.1 Å². The summed E-state index contributed by atoms with van der Waals surface area (Å²) in [4.78, 5) is 30.4. The summed E-state index contributed by atoms with van der Waals surface area (Å²) in [7, 11) is 0. The van der Waals surface area contributed by atoms with Crippen molar-refractivity contribution in [3.8, 4) is 0 Å². The van der Waals surface area contributed by atoms with E-state index in [1.54, 1.807) is 4.90 Å². The molecule has 2 amide bonds. The number of rotatable bonds is 4. The molecule has 0 aromatic heterocycles. The van der Waals surface area contributed by atoms with E-state index in [1.807, 2.05) is 50.8 Å². The van der Waals surface area contributed by atoms with Crippen LogP contribution in [0, 0.1) is 6.92 Å². The van der Waals surface area contributed by atoms with Crippen molar-refractivity contribution >= 4 is 12.0 Å². The molecule has 0 aliphatic carbocycles. The molecule has 5 nitrogen and oxygen atoms in total. The average Bonchev–Trinajstić information content (AvgIpc) is 3.18. The van der Waals surface area contributed by atoms with Crippen molar-refractivity contribution in [3.05, 3.63) is 70.3 Å². The molecular formula is C27H34N2O3. The molecule has 1 fully saturated rings. The van der Waals surface area contributed by atoms with Gasteiger partial charge >= 0.3 is 6.09 Å². The number of fused-ring (bicyclic) bond motifs is 3. The third-order valence-electron chi connectivity index (χ3n) is 6.53. The number of nitrogens with zero attached hydrogens (tertiary/aromatic N) is 2. The summed E-state index contributed by atoms with van der Waals surface area (Å²) in [5.74, 6) is 0.194. The fourth-order valence-electron chi connectivity index (χ4n) is 5.02. The smallest absolute Gasteiger partial charge is 0.410 e. The number of amides is 2. The molecule has 2 atom stereocenters. The fourth-order valence-corrected chi connectivity index (χ4v) is 5.02. The Bertz CT molecular complexity index is 1010. The largest absolute Gasteiger partial charge is 0.444 e. The van der Waals surface area contributed by atoms with Crippen LogP contribution in [0.15, 0.2) is 42.5 Å². The molecule has 0 N–H and O–H groups in total. The van der Waals surface area contributed by atoms with Crippen LogP contribution >= 0.6 is 0 Å². The van der Waals surface area contributed by atoms with E-state index < -0.39 is 5.60 Å². The maximum absolute atomic E-state index is 13.7. The monoisotopic (exact) mass is 434 g/mol. The van der Waals surface area contributed by atoms with Crippen LogP contribution < -0.4 is 0 Å². The van der Waals surface area contributed by atoms with Crippen molar-refractivity contribution in [2.24, 2.45) is 0 Å². The van der Waals surface area contributed by atoms with Crippen molar-refractivity contribution < 1.29 is 14.3 Å². The first-order valence-corrected chi connectivity index (χ1v) is 11.6. The zero-order chi connectivity index (χ0) is 23.0. The van der Waals surface area contributed by atoms with Crippen molar-refractivity contribution in [1.82, 2.24) is 9.80 Å². The summed E-state index contributed by atoms with van der Waals surface area (Å²) in [5.41, 5.74) is 4.85. The second kappa shape index (κ2) is 8.61. The fraction of sp³-hybridized carbons (Fsp3) is 0.481. The summed E-state index contributed by atoms with van der Waals surface area (Å²) in [6, 6.07) is 14.5. The minimum atomic E-state index is -0.544. The predicted molar refractivity (Wildman–Crippen MR) is 126 cm³/mol. The Hall–Kier alpha value is -2.82. The number of hydrogen-bond donors (Lipinski definition) is 0. The molecule has 0 unspecified atom stereocenters. The third kappa shape index (κ3) is 4.38. The minimum absolute atomic E-state index is 0.0299. The first kappa shape index (κ1) is 22.4. The van der Waals surface area contributed by atoms with Gasteiger partial charge in [-0.1, -0.05) is 49.4 Å². The van der Waals surface area contributed by atoms with E-state index in [2.05, 4.69) is 31.2 Å². The molecule has 5 heteroatoms. The number of ether oxygens (including phenoxy) is 1. The Labute approximate surface area is 191 Å². The highest BCUT2D eigenvalue weighted by Gasteiger charge is 2.47. The molecule has 2 aliphatic rings. The molecule has 0 spiro atoms. The van der Waals surface area contributed by atoms with Gasteiger partial charge < -0.3 is 14.5 Å². The molecule has 2 aromatic carbocycles. The molecule has 2 aliphatic heterocycles. The standard InChI is InChI=1S/C27H34N2O3/c1-6-19-14-18(2)24-21(15-19)22-16-28(26(31)32-27(3,4)5)17-23(22)29(25(24)30)13-12-20-10-8-7-9-11-20/h7-11,14-15,22-23H,6,12-13,16-17H2,1-5H3/t22-,23+/m1/s1. The zero-order valence-electron chi connectivity index (χ0n) is 19.9. The SMILES string of the molecule is CCc1cc(C)c2c(c1)[C@H]1CN(C(=O)OC(C)(C)C)C[C@@H]1N(CCc1ccccc1)C2=O. The Morgan fingerprint density at radius 2 is 1.81 bits per heavy atom. The quantitative estimate of drug-likeness (QED) is 0.683. The minimum Gasteiger partial charge on any atom is -0.444 e. The van der Waals surface area contributed by atoms with Gasteiger partial charge in [0.2, 0.25) is 0 Å². The average molecular weight is 435 g/mol. The summed E-state index contributed by atoms with van der Waals surface area (Å²) in [6.45, 7) is 11.6. The second-order valence-electron chi connectivity index (χ2n) is 10.0. The van der Waals surface area contributed by atoms with E-state index in [9.17, 15) is 9.59 Å². The highest BCUT2D eigenvalue weighted by molar-refractivity contribution is 5.99. The van der Waals surface area contributed by atoms with Crippen molar-refractivity contribution in [1.29, 1.82) is 0 Å². The van der Waals surface area contributed by atoms with Crippen LogP contribution in [0.4, 0.5) is 4.79 Å². The number of carbonyl (C=O) groups excluding carboxylic acids is 2. The highest BCUT2D eigenvalue weighted by atomic mass is 16.6. The Morgan fingerprint density at radius 1 is 1.09 bits per heavy atom. The van der Waals surface area contributed by atoms with E-state index in [0.29, 0.717) is 19.6 Å². The lowest BCUT2D eigenvalue weighted by Gasteiger charge is -2.39. The van der Waals surface area contributed by atoms with E-state index in [1.165, 1.54) is 11.1 Å². The lowest BCUT2D eigenvalue weighted by atomic mass is 9.81. The van der Waals surface area contributed by atoms with Crippen LogP contribution in [-0.2, 0) is 17.6 Å². The molecule has 4 rings (SSSR count). The molecule has 0 bridgehead atoms.